The zero-order valence-corrected chi connectivity index (χ0v) is 15.1. The number of nitrogens with zero attached hydrogens (tertiary/aromatic N) is 3. The van der Waals surface area contributed by atoms with E-state index in [0.717, 1.165) is 41.5 Å². The van der Waals surface area contributed by atoms with Crippen LogP contribution in [-0.4, -0.2) is 27.2 Å². The van der Waals surface area contributed by atoms with Crippen molar-refractivity contribution >= 4 is 17.5 Å². The molecule has 3 rings (SSSR count). The van der Waals surface area contributed by atoms with Gasteiger partial charge in [0.05, 0.1) is 0 Å². The van der Waals surface area contributed by atoms with Crippen LogP contribution >= 0.6 is 11.6 Å². The lowest BCUT2D eigenvalue weighted by Crippen LogP contribution is -2.34. The van der Waals surface area contributed by atoms with Crippen molar-refractivity contribution in [1.29, 1.82) is 0 Å². The van der Waals surface area contributed by atoms with Gasteiger partial charge in [-0.1, -0.05) is 44.5 Å². The Morgan fingerprint density at radius 1 is 1.29 bits per heavy atom. The largest absolute Gasteiger partial charge is 0.354 e. The molecule has 0 saturated carbocycles. The van der Waals surface area contributed by atoms with Crippen molar-refractivity contribution in [2.75, 3.05) is 6.54 Å². The summed E-state index contributed by atoms with van der Waals surface area (Å²) in [7, 11) is 0. The van der Waals surface area contributed by atoms with E-state index in [0.29, 0.717) is 6.54 Å². The molecule has 0 saturated heterocycles. The van der Waals surface area contributed by atoms with Crippen LogP contribution in [0.2, 0.25) is 5.02 Å². The molecule has 0 bridgehead atoms. The van der Waals surface area contributed by atoms with Gasteiger partial charge < -0.3 is 9.88 Å². The summed E-state index contributed by atoms with van der Waals surface area (Å²) < 4.78 is 2.03. The highest BCUT2D eigenvalue weighted by molar-refractivity contribution is 6.30. The molecule has 1 unspecified atom stereocenters. The number of aryl methyl sites for hydroxylation is 1. The summed E-state index contributed by atoms with van der Waals surface area (Å²) in [5, 5.41) is 12.3. The summed E-state index contributed by atoms with van der Waals surface area (Å²) in [5.74, 6) is 1.85. The molecule has 1 aliphatic rings. The molecule has 24 heavy (non-hydrogen) atoms. The molecule has 0 fully saturated rings. The minimum atomic E-state index is -0.200. The van der Waals surface area contributed by atoms with E-state index in [9.17, 15) is 4.79 Å². The van der Waals surface area contributed by atoms with Crippen molar-refractivity contribution in [3.63, 3.8) is 0 Å². The smallest absolute Gasteiger partial charge is 0.243 e. The molecule has 1 amide bonds. The molecule has 0 aliphatic carbocycles. The predicted octanol–water partition coefficient (Wildman–Crippen LogP) is 3.08. The second kappa shape index (κ2) is 6.55. The highest BCUT2D eigenvalue weighted by Crippen LogP contribution is 2.31. The molecular formula is C18H23ClN4O. The standard InChI is InChI=1S/C18H23ClN4O/c1-18(2,3)17-22-21-15-9-8-14(23(15)17)16(24)20-11-10-12-4-6-13(19)7-5-12/h4-7,14H,8-11H2,1-3H3,(H,20,24). The highest BCUT2D eigenvalue weighted by Gasteiger charge is 2.35. The van der Waals surface area contributed by atoms with Crippen molar-refractivity contribution < 1.29 is 4.79 Å². The maximum absolute atomic E-state index is 12.6. The van der Waals surface area contributed by atoms with Crippen LogP contribution in [-0.2, 0) is 23.1 Å². The Kier molecular flexibility index (Phi) is 4.63. The average Bonchev–Trinajstić information content (AvgIpc) is 3.09. The second-order valence-electron chi connectivity index (χ2n) is 7.28. The molecule has 1 atom stereocenters. The van der Waals surface area contributed by atoms with Gasteiger partial charge in [0, 0.05) is 23.4 Å². The van der Waals surface area contributed by atoms with E-state index in [-0.39, 0.29) is 17.4 Å². The van der Waals surface area contributed by atoms with E-state index in [4.69, 9.17) is 11.6 Å². The Hall–Kier alpha value is -1.88. The van der Waals surface area contributed by atoms with Crippen LogP contribution in [0.3, 0.4) is 0 Å². The van der Waals surface area contributed by atoms with E-state index in [1.54, 1.807) is 0 Å². The highest BCUT2D eigenvalue weighted by atomic mass is 35.5. The first kappa shape index (κ1) is 17.0. The number of carbonyl (C=O) groups excluding carboxylic acids is 1. The molecule has 2 aromatic rings. The zero-order valence-electron chi connectivity index (χ0n) is 14.3. The minimum absolute atomic E-state index is 0.0491. The van der Waals surface area contributed by atoms with Gasteiger partial charge in [0.15, 0.2) is 0 Å². The maximum atomic E-state index is 12.6. The SMILES string of the molecule is CC(C)(C)c1nnc2n1C(C(=O)NCCc1ccc(Cl)cc1)CC2. The van der Waals surface area contributed by atoms with Crippen molar-refractivity contribution in [3.05, 3.63) is 46.5 Å². The fourth-order valence-electron chi connectivity index (χ4n) is 3.08. The lowest BCUT2D eigenvalue weighted by Gasteiger charge is -2.22. The monoisotopic (exact) mass is 346 g/mol. The van der Waals surface area contributed by atoms with Crippen LogP contribution in [0.5, 0.6) is 0 Å². The van der Waals surface area contributed by atoms with Gasteiger partial charge in [-0.3, -0.25) is 4.79 Å². The Bertz CT molecular complexity index is 730. The van der Waals surface area contributed by atoms with E-state index in [1.807, 2.05) is 28.8 Å². The van der Waals surface area contributed by atoms with Crippen molar-refractivity contribution in [2.24, 2.45) is 0 Å². The summed E-state index contributed by atoms with van der Waals surface area (Å²) in [6.45, 7) is 6.90. The van der Waals surface area contributed by atoms with E-state index < -0.39 is 0 Å². The topological polar surface area (TPSA) is 59.8 Å². The molecule has 1 aliphatic heterocycles. The molecule has 6 heteroatoms. The summed E-state index contributed by atoms with van der Waals surface area (Å²) in [6, 6.07) is 7.51. The lowest BCUT2D eigenvalue weighted by molar-refractivity contribution is -0.124. The van der Waals surface area contributed by atoms with Gasteiger partial charge in [-0.2, -0.15) is 0 Å². The van der Waals surface area contributed by atoms with Crippen LogP contribution in [0.1, 0.15) is 50.4 Å². The molecule has 0 radical (unpaired) electrons. The third-order valence-electron chi connectivity index (χ3n) is 4.32. The van der Waals surface area contributed by atoms with Crippen molar-refractivity contribution in [3.8, 4) is 0 Å². The Morgan fingerprint density at radius 2 is 2.00 bits per heavy atom. The Morgan fingerprint density at radius 3 is 2.67 bits per heavy atom. The number of halogens is 1. The lowest BCUT2D eigenvalue weighted by atomic mass is 9.95. The molecule has 1 aromatic heterocycles. The molecule has 1 aromatic carbocycles. The normalized spacial score (nSPS) is 16.9. The number of hydrogen-bond acceptors (Lipinski definition) is 3. The number of rotatable bonds is 4. The first-order valence-electron chi connectivity index (χ1n) is 8.32. The van der Waals surface area contributed by atoms with Gasteiger partial charge in [0.2, 0.25) is 5.91 Å². The molecule has 1 N–H and O–H groups in total. The number of amides is 1. The number of nitrogens with one attached hydrogen (secondary N) is 1. The van der Waals surface area contributed by atoms with Crippen molar-refractivity contribution in [2.45, 2.75) is 51.5 Å². The van der Waals surface area contributed by atoms with Crippen LogP contribution < -0.4 is 5.32 Å². The maximum Gasteiger partial charge on any atom is 0.243 e. The van der Waals surface area contributed by atoms with Gasteiger partial charge in [-0.25, -0.2) is 0 Å². The van der Waals surface area contributed by atoms with Gasteiger partial charge in [-0.05, 0) is 30.5 Å². The first-order valence-corrected chi connectivity index (χ1v) is 8.70. The quantitative estimate of drug-likeness (QED) is 0.925. The third kappa shape index (κ3) is 3.46. The first-order chi connectivity index (χ1) is 11.4. The molecule has 0 spiro atoms. The number of benzene rings is 1. The van der Waals surface area contributed by atoms with E-state index in [2.05, 4.69) is 36.3 Å². The van der Waals surface area contributed by atoms with E-state index in [1.165, 1.54) is 0 Å². The second-order valence-corrected chi connectivity index (χ2v) is 7.72. The molecule has 2 heterocycles. The number of aromatic nitrogens is 3. The fourth-order valence-corrected chi connectivity index (χ4v) is 3.20. The molecule has 128 valence electrons. The average molecular weight is 347 g/mol. The van der Waals surface area contributed by atoms with Crippen molar-refractivity contribution in [1.82, 2.24) is 20.1 Å². The van der Waals surface area contributed by atoms with Gasteiger partial charge >= 0.3 is 0 Å². The fraction of sp³-hybridized carbons (Fsp3) is 0.500. The number of carbonyl (C=O) groups is 1. The summed E-state index contributed by atoms with van der Waals surface area (Å²) in [5.41, 5.74) is 1.03. The predicted molar refractivity (Wildman–Crippen MR) is 94.2 cm³/mol. The summed E-state index contributed by atoms with van der Waals surface area (Å²) in [6.07, 6.45) is 2.38. The zero-order chi connectivity index (χ0) is 17.3. The summed E-state index contributed by atoms with van der Waals surface area (Å²) in [4.78, 5) is 12.6. The summed E-state index contributed by atoms with van der Waals surface area (Å²) >= 11 is 5.89. The van der Waals surface area contributed by atoms with E-state index >= 15 is 0 Å². The van der Waals surface area contributed by atoms with Crippen LogP contribution in [0.25, 0.3) is 0 Å². The minimum Gasteiger partial charge on any atom is -0.354 e. The molecular weight excluding hydrogens is 324 g/mol. The Labute approximate surface area is 147 Å². The number of hydrogen-bond donors (Lipinski definition) is 1. The molecule has 5 nitrogen and oxygen atoms in total. The Balaban J connectivity index is 1.63. The van der Waals surface area contributed by atoms with Crippen LogP contribution in [0, 0.1) is 0 Å². The van der Waals surface area contributed by atoms with Gasteiger partial charge in [0.1, 0.15) is 17.7 Å². The van der Waals surface area contributed by atoms with Crippen LogP contribution in [0.4, 0.5) is 0 Å². The van der Waals surface area contributed by atoms with Gasteiger partial charge in [0.25, 0.3) is 0 Å². The van der Waals surface area contributed by atoms with Crippen LogP contribution in [0.15, 0.2) is 24.3 Å². The van der Waals surface area contributed by atoms with Gasteiger partial charge in [-0.15, -0.1) is 10.2 Å². The number of fused-ring (bicyclic) bond motifs is 1. The third-order valence-corrected chi connectivity index (χ3v) is 4.57.